The van der Waals surface area contributed by atoms with Gasteiger partial charge in [-0.3, -0.25) is 9.79 Å². The highest BCUT2D eigenvalue weighted by Gasteiger charge is 2.20. The van der Waals surface area contributed by atoms with Crippen molar-refractivity contribution in [3.8, 4) is 0 Å². The van der Waals surface area contributed by atoms with Crippen LogP contribution in [0.4, 0.5) is 4.39 Å². The molecular weight excluding hydrogens is 343 g/mol. The highest BCUT2D eigenvalue weighted by molar-refractivity contribution is 5.79. The first-order chi connectivity index (χ1) is 13.2. The summed E-state index contributed by atoms with van der Waals surface area (Å²) in [6, 6.07) is 14.5. The van der Waals surface area contributed by atoms with E-state index in [4.69, 9.17) is 0 Å². The fourth-order valence-electron chi connectivity index (χ4n) is 3.15. The Bertz CT molecular complexity index is 804. The van der Waals surface area contributed by atoms with Gasteiger partial charge in [0.2, 0.25) is 5.91 Å². The Morgan fingerprint density at radius 1 is 1.07 bits per heavy atom. The number of carbonyl (C=O) groups excluding carboxylic acids is 1. The van der Waals surface area contributed by atoms with Gasteiger partial charge in [0.25, 0.3) is 0 Å². The molecule has 3 rings (SSSR count). The van der Waals surface area contributed by atoms with Crippen LogP contribution in [0.25, 0.3) is 0 Å². The van der Waals surface area contributed by atoms with E-state index in [-0.39, 0.29) is 11.7 Å². The van der Waals surface area contributed by atoms with Crippen LogP contribution in [0.15, 0.2) is 53.5 Å². The normalized spacial score (nSPS) is 14.5. The number of benzene rings is 2. The molecule has 1 amide bonds. The van der Waals surface area contributed by atoms with Crippen molar-refractivity contribution in [3.63, 3.8) is 0 Å². The zero-order valence-electron chi connectivity index (χ0n) is 15.5. The summed E-state index contributed by atoms with van der Waals surface area (Å²) < 4.78 is 13.0. The standard InChI is InChI=1S/C21H25FN4O/c1-23-21(24-13-16-8-10-19(22)11-9-16)25-14-17-5-2-3-6-18(17)15-26-12-4-7-20(26)27/h2-3,5-6,8-11H,4,7,12-15H2,1H3,(H2,23,24,25). The molecule has 0 saturated carbocycles. The quantitative estimate of drug-likeness (QED) is 0.609. The lowest BCUT2D eigenvalue weighted by atomic mass is 10.1. The predicted octanol–water partition coefficient (Wildman–Crippen LogP) is 2.81. The highest BCUT2D eigenvalue weighted by Crippen LogP contribution is 2.17. The largest absolute Gasteiger partial charge is 0.352 e. The zero-order valence-corrected chi connectivity index (χ0v) is 15.5. The third-order valence-electron chi connectivity index (χ3n) is 4.69. The van der Waals surface area contributed by atoms with Crippen molar-refractivity contribution in [2.24, 2.45) is 4.99 Å². The number of nitrogens with one attached hydrogen (secondary N) is 2. The number of nitrogens with zero attached hydrogens (tertiary/aromatic N) is 2. The summed E-state index contributed by atoms with van der Waals surface area (Å²) in [6.07, 6.45) is 1.60. The van der Waals surface area contributed by atoms with Gasteiger partial charge in [0.05, 0.1) is 0 Å². The molecule has 1 aliphatic rings. The summed E-state index contributed by atoms with van der Waals surface area (Å²) in [6.45, 7) is 2.66. The first-order valence-corrected chi connectivity index (χ1v) is 9.19. The summed E-state index contributed by atoms with van der Waals surface area (Å²) in [7, 11) is 1.72. The first kappa shape index (κ1) is 18.9. The lowest BCUT2D eigenvalue weighted by Gasteiger charge is -2.19. The Morgan fingerprint density at radius 2 is 1.78 bits per heavy atom. The molecule has 0 spiro atoms. The summed E-state index contributed by atoms with van der Waals surface area (Å²) in [5.74, 6) is 0.662. The second-order valence-corrected chi connectivity index (χ2v) is 6.59. The average molecular weight is 368 g/mol. The van der Waals surface area contributed by atoms with Crippen molar-refractivity contribution in [1.82, 2.24) is 15.5 Å². The molecule has 0 aromatic heterocycles. The van der Waals surface area contributed by atoms with Crippen molar-refractivity contribution < 1.29 is 9.18 Å². The monoisotopic (exact) mass is 368 g/mol. The molecule has 1 saturated heterocycles. The Morgan fingerprint density at radius 3 is 2.44 bits per heavy atom. The van der Waals surface area contributed by atoms with Crippen LogP contribution in [0.5, 0.6) is 0 Å². The number of aliphatic imine (C=N–C) groups is 1. The van der Waals surface area contributed by atoms with Gasteiger partial charge in [-0.2, -0.15) is 0 Å². The zero-order chi connectivity index (χ0) is 19.1. The van der Waals surface area contributed by atoms with Crippen LogP contribution in [-0.4, -0.2) is 30.4 Å². The van der Waals surface area contributed by atoms with Gasteiger partial charge < -0.3 is 15.5 Å². The molecule has 142 valence electrons. The van der Waals surface area contributed by atoms with Crippen LogP contribution >= 0.6 is 0 Å². The third-order valence-corrected chi connectivity index (χ3v) is 4.69. The van der Waals surface area contributed by atoms with Gasteiger partial charge in [-0.15, -0.1) is 0 Å². The van der Waals surface area contributed by atoms with E-state index in [1.165, 1.54) is 12.1 Å². The number of amides is 1. The number of halogens is 1. The van der Waals surface area contributed by atoms with Crippen molar-refractivity contribution >= 4 is 11.9 Å². The van der Waals surface area contributed by atoms with Crippen LogP contribution in [0, 0.1) is 5.82 Å². The fourth-order valence-corrected chi connectivity index (χ4v) is 3.15. The van der Waals surface area contributed by atoms with Gasteiger partial charge in [0, 0.05) is 39.6 Å². The van der Waals surface area contributed by atoms with Crippen molar-refractivity contribution in [3.05, 3.63) is 71.0 Å². The molecule has 0 aliphatic carbocycles. The van der Waals surface area contributed by atoms with E-state index in [2.05, 4.69) is 27.8 Å². The summed E-state index contributed by atoms with van der Waals surface area (Å²) >= 11 is 0. The topological polar surface area (TPSA) is 56.7 Å². The molecular formula is C21H25FN4O. The second kappa shape index (κ2) is 9.16. The number of hydrogen-bond donors (Lipinski definition) is 2. The molecule has 1 fully saturated rings. The molecule has 1 heterocycles. The number of guanidine groups is 1. The maximum absolute atomic E-state index is 13.0. The SMILES string of the molecule is CN=C(NCc1ccc(F)cc1)NCc1ccccc1CN1CCCC1=O. The van der Waals surface area contributed by atoms with Gasteiger partial charge in [0.1, 0.15) is 5.82 Å². The van der Waals surface area contributed by atoms with Crippen LogP contribution in [0.3, 0.4) is 0 Å². The van der Waals surface area contributed by atoms with E-state index in [1.807, 2.05) is 17.0 Å². The van der Waals surface area contributed by atoms with Crippen LogP contribution in [0.1, 0.15) is 29.5 Å². The summed E-state index contributed by atoms with van der Waals surface area (Å²) in [5, 5.41) is 6.53. The van der Waals surface area contributed by atoms with Crippen molar-refractivity contribution in [2.45, 2.75) is 32.5 Å². The molecule has 5 nitrogen and oxygen atoms in total. The third kappa shape index (κ3) is 5.29. The smallest absolute Gasteiger partial charge is 0.222 e. The van der Waals surface area contributed by atoms with Gasteiger partial charge in [-0.25, -0.2) is 4.39 Å². The lowest BCUT2D eigenvalue weighted by Crippen LogP contribution is -2.36. The maximum atomic E-state index is 13.0. The minimum absolute atomic E-state index is 0.231. The maximum Gasteiger partial charge on any atom is 0.222 e. The van der Waals surface area contributed by atoms with Crippen LogP contribution in [-0.2, 0) is 24.4 Å². The molecule has 2 aromatic rings. The molecule has 6 heteroatoms. The number of carbonyl (C=O) groups is 1. The minimum Gasteiger partial charge on any atom is -0.352 e. The van der Waals surface area contributed by atoms with E-state index >= 15 is 0 Å². The average Bonchev–Trinajstić information content (AvgIpc) is 3.09. The number of likely N-dealkylation sites (tertiary alicyclic amines) is 1. The number of rotatable bonds is 6. The first-order valence-electron chi connectivity index (χ1n) is 9.19. The summed E-state index contributed by atoms with van der Waals surface area (Å²) in [5.41, 5.74) is 3.27. The van der Waals surface area contributed by atoms with Crippen molar-refractivity contribution in [1.29, 1.82) is 0 Å². The van der Waals surface area contributed by atoms with Gasteiger partial charge >= 0.3 is 0 Å². The molecule has 1 aliphatic heterocycles. The molecule has 2 N–H and O–H groups in total. The number of hydrogen-bond acceptors (Lipinski definition) is 2. The predicted molar refractivity (Wildman–Crippen MR) is 105 cm³/mol. The van der Waals surface area contributed by atoms with E-state index in [0.29, 0.717) is 32.0 Å². The molecule has 0 unspecified atom stereocenters. The Balaban J connectivity index is 1.56. The molecule has 2 aromatic carbocycles. The Labute approximate surface area is 159 Å². The van der Waals surface area contributed by atoms with Crippen LogP contribution in [0.2, 0.25) is 0 Å². The minimum atomic E-state index is -0.241. The second-order valence-electron chi connectivity index (χ2n) is 6.59. The van der Waals surface area contributed by atoms with Gasteiger partial charge in [-0.1, -0.05) is 36.4 Å². The fraction of sp³-hybridized carbons (Fsp3) is 0.333. The van der Waals surface area contributed by atoms with E-state index < -0.39 is 0 Å². The Kier molecular flexibility index (Phi) is 6.41. The van der Waals surface area contributed by atoms with E-state index in [9.17, 15) is 9.18 Å². The van der Waals surface area contributed by atoms with Gasteiger partial charge in [-0.05, 0) is 35.2 Å². The lowest BCUT2D eigenvalue weighted by molar-refractivity contribution is -0.128. The summed E-state index contributed by atoms with van der Waals surface area (Å²) in [4.78, 5) is 18.1. The van der Waals surface area contributed by atoms with Crippen molar-refractivity contribution in [2.75, 3.05) is 13.6 Å². The molecule has 0 atom stereocenters. The van der Waals surface area contributed by atoms with Crippen LogP contribution < -0.4 is 10.6 Å². The molecule has 0 bridgehead atoms. The molecule has 27 heavy (non-hydrogen) atoms. The Hall–Kier alpha value is -2.89. The van der Waals surface area contributed by atoms with E-state index in [1.54, 1.807) is 19.2 Å². The van der Waals surface area contributed by atoms with Gasteiger partial charge in [0.15, 0.2) is 5.96 Å². The van der Waals surface area contributed by atoms with E-state index in [0.717, 1.165) is 29.7 Å². The molecule has 0 radical (unpaired) electrons. The highest BCUT2D eigenvalue weighted by atomic mass is 19.1.